The lowest BCUT2D eigenvalue weighted by atomic mass is 10.2. The monoisotopic (exact) mass is 369 g/mol. The zero-order valence-corrected chi connectivity index (χ0v) is 12.3. The van der Waals surface area contributed by atoms with Gasteiger partial charge in [0.15, 0.2) is 0 Å². The first-order valence-corrected chi connectivity index (χ1v) is 6.63. The van der Waals surface area contributed by atoms with Crippen LogP contribution < -0.4 is 11.1 Å². The summed E-state index contributed by atoms with van der Waals surface area (Å²) >= 11 is 6.73. The predicted molar refractivity (Wildman–Crippen MR) is 78.4 cm³/mol. The number of benzene rings is 1. The molecule has 0 spiro atoms. The third-order valence-corrected chi connectivity index (χ3v) is 3.38. The standard InChI is InChI=1S/C12H9Br2N3O/c13-8-2-3-10(9(14)5-8)17-12(18)7-1-4-11(15)16-6-7/h1-6H,(H2,15,16)(H,17,18). The average Bonchev–Trinajstić information content (AvgIpc) is 2.33. The molecule has 4 nitrogen and oxygen atoms in total. The predicted octanol–water partition coefficient (Wildman–Crippen LogP) is 3.44. The minimum atomic E-state index is -0.231. The number of rotatable bonds is 2. The van der Waals surface area contributed by atoms with Gasteiger partial charge in [-0.1, -0.05) is 15.9 Å². The summed E-state index contributed by atoms with van der Waals surface area (Å²) < 4.78 is 1.73. The normalized spacial score (nSPS) is 10.1. The number of anilines is 2. The third kappa shape index (κ3) is 3.08. The number of aromatic nitrogens is 1. The number of halogens is 2. The van der Waals surface area contributed by atoms with E-state index in [9.17, 15) is 4.79 Å². The van der Waals surface area contributed by atoms with E-state index in [-0.39, 0.29) is 5.91 Å². The second-order valence-corrected chi connectivity index (χ2v) is 5.32. The van der Waals surface area contributed by atoms with Crippen LogP contribution in [0.3, 0.4) is 0 Å². The van der Waals surface area contributed by atoms with Gasteiger partial charge < -0.3 is 11.1 Å². The summed E-state index contributed by atoms with van der Waals surface area (Å²) in [6.45, 7) is 0. The summed E-state index contributed by atoms with van der Waals surface area (Å²) in [4.78, 5) is 15.8. The fourth-order valence-corrected chi connectivity index (χ4v) is 2.47. The molecule has 0 radical (unpaired) electrons. The molecule has 92 valence electrons. The van der Waals surface area contributed by atoms with Crippen LogP contribution in [-0.4, -0.2) is 10.9 Å². The van der Waals surface area contributed by atoms with E-state index in [1.807, 2.05) is 12.1 Å². The highest BCUT2D eigenvalue weighted by atomic mass is 79.9. The Kier molecular flexibility index (Phi) is 3.98. The molecular weight excluding hydrogens is 362 g/mol. The van der Waals surface area contributed by atoms with Crippen molar-refractivity contribution in [3.8, 4) is 0 Å². The minimum absolute atomic E-state index is 0.231. The summed E-state index contributed by atoms with van der Waals surface area (Å²) in [6.07, 6.45) is 1.44. The van der Waals surface area contributed by atoms with Crippen LogP contribution in [0.4, 0.5) is 11.5 Å². The number of nitrogen functional groups attached to an aromatic ring is 1. The van der Waals surface area contributed by atoms with Crippen LogP contribution in [0.1, 0.15) is 10.4 Å². The lowest BCUT2D eigenvalue weighted by Crippen LogP contribution is -2.12. The van der Waals surface area contributed by atoms with E-state index >= 15 is 0 Å². The molecular formula is C12H9Br2N3O. The van der Waals surface area contributed by atoms with E-state index in [1.54, 1.807) is 18.2 Å². The van der Waals surface area contributed by atoms with Crippen molar-refractivity contribution in [3.63, 3.8) is 0 Å². The molecule has 2 rings (SSSR count). The van der Waals surface area contributed by atoms with Crippen molar-refractivity contribution in [2.75, 3.05) is 11.1 Å². The molecule has 1 amide bonds. The van der Waals surface area contributed by atoms with Crippen molar-refractivity contribution in [3.05, 3.63) is 51.0 Å². The van der Waals surface area contributed by atoms with Gasteiger partial charge in [-0.15, -0.1) is 0 Å². The molecule has 0 fully saturated rings. The Morgan fingerprint density at radius 2 is 2.00 bits per heavy atom. The van der Waals surface area contributed by atoms with Gasteiger partial charge in [0, 0.05) is 15.1 Å². The quantitative estimate of drug-likeness (QED) is 0.850. The molecule has 0 saturated heterocycles. The van der Waals surface area contributed by atoms with Crippen molar-refractivity contribution >= 4 is 49.3 Å². The molecule has 0 aliphatic carbocycles. The molecule has 1 aromatic heterocycles. The summed E-state index contributed by atoms with van der Waals surface area (Å²) in [6, 6.07) is 8.73. The molecule has 0 aliphatic rings. The van der Waals surface area contributed by atoms with Crippen LogP contribution >= 0.6 is 31.9 Å². The molecule has 2 aromatic rings. The maximum absolute atomic E-state index is 11.9. The van der Waals surface area contributed by atoms with Crippen molar-refractivity contribution in [2.45, 2.75) is 0 Å². The van der Waals surface area contributed by atoms with Gasteiger partial charge in [-0.2, -0.15) is 0 Å². The Labute approximate surface area is 121 Å². The van der Waals surface area contributed by atoms with Crippen molar-refractivity contribution in [2.24, 2.45) is 0 Å². The number of nitrogens with one attached hydrogen (secondary N) is 1. The van der Waals surface area contributed by atoms with Gasteiger partial charge in [0.25, 0.3) is 5.91 Å². The largest absolute Gasteiger partial charge is 0.384 e. The molecule has 3 N–H and O–H groups in total. The Morgan fingerprint density at radius 3 is 2.61 bits per heavy atom. The van der Waals surface area contributed by atoms with Crippen LogP contribution in [-0.2, 0) is 0 Å². The van der Waals surface area contributed by atoms with E-state index in [4.69, 9.17) is 5.73 Å². The first-order chi connectivity index (χ1) is 8.56. The summed E-state index contributed by atoms with van der Waals surface area (Å²) in [5.74, 6) is 0.155. The molecule has 18 heavy (non-hydrogen) atoms. The van der Waals surface area contributed by atoms with Crippen LogP contribution in [0.2, 0.25) is 0 Å². The molecule has 0 unspecified atom stereocenters. The minimum Gasteiger partial charge on any atom is -0.384 e. The van der Waals surface area contributed by atoms with E-state index in [0.29, 0.717) is 17.1 Å². The lowest BCUT2D eigenvalue weighted by molar-refractivity contribution is 0.102. The average molecular weight is 371 g/mol. The third-order valence-electron chi connectivity index (χ3n) is 2.23. The number of nitrogens with two attached hydrogens (primary N) is 1. The van der Waals surface area contributed by atoms with Gasteiger partial charge >= 0.3 is 0 Å². The van der Waals surface area contributed by atoms with E-state index in [1.165, 1.54) is 6.20 Å². The van der Waals surface area contributed by atoms with Crippen LogP contribution in [0.15, 0.2) is 45.5 Å². The highest BCUT2D eigenvalue weighted by Gasteiger charge is 2.08. The van der Waals surface area contributed by atoms with E-state index < -0.39 is 0 Å². The number of hydrogen-bond donors (Lipinski definition) is 2. The SMILES string of the molecule is Nc1ccc(C(=O)Nc2ccc(Br)cc2Br)cn1. The van der Waals surface area contributed by atoms with Gasteiger partial charge in [0.1, 0.15) is 5.82 Å². The van der Waals surface area contributed by atoms with Crippen LogP contribution in [0.25, 0.3) is 0 Å². The molecule has 0 saturated carbocycles. The molecule has 0 atom stereocenters. The van der Waals surface area contributed by atoms with Crippen molar-refractivity contribution in [1.29, 1.82) is 0 Å². The molecule has 1 heterocycles. The topological polar surface area (TPSA) is 68.0 Å². The number of amides is 1. The molecule has 6 heteroatoms. The molecule has 1 aromatic carbocycles. The number of carbonyl (C=O) groups is 1. The summed E-state index contributed by atoms with van der Waals surface area (Å²) in [5.41, 5.74) is 6.62. The Hall–Kier alpha value is -1.40. The van der Waals surface area contributed by atoms with Crippen LogP contribution in [0.5, 0.6) is 0 Å². The van der Waals surface area contributed by atoms with Gasteiger partial charge in [0.2, 0.25) is 0 Å². The Bertz CT molecular complexity index is 584. The van der Waals surface area contributed by atoms with Crippen molar-refractivity contribution < 1.29 is 4.79 Å². The first-order valence-electron chi connectivity index (χ1n) is 5.04. The number of pyridine rings is 1. The number of hydrogen-bond acceptors (Lipinski definition) is 3. The Morgan fingerprint density at radius 1 is 1.22 bits per heavy atom. The maximum atomic E-state index is 11.9. The Balaban J connectivity index is 2.18. The van der Waals surface area contributed by atoms with Gasteiger partial charge in [-0.3, -0.25) is 4.79 Å². The van der Waals surface area contributed by atoms with E-state index in [2.05, 4.69) is 42.2 Å². The van der Waals surface area contributed by atoms with Crippen LogP contribution in [0, 0.1) is 0 Å². The van der Waals surface area contributed by atoms with E-state index in [0.717, 1.165) is 8.95 Å². The van der Waals surface area contributed by atoms with Gasteiger partial charge in [0.05, 0.1) is 11.3 Å². The van der Waals surface area contributed by atoms with Gasteiger partial charge in [-0.05, 0) is 46.3 Å². The second kappa shape index (κ2) is 5.49. The second-order valence-electron chi connectivity index (χ2n) is 3.55. The zero-order valence-electron chi connectivity index (χ0n) is 9.15. The lowest BCUT2D eigenvalue weighted by Gasteiger charge is -2.07. The summed E-state index contributed by atoms with van der Waals surface area (Å²) in [5, 5.41) is 2.79. The molecule has 0 bridgehead atoms. The van der Waals surface area contributed by atoms with Crippen molar-refractivity contribution in [1.82, 2.24) is 4.98 Å². The first kappa shape index (κ1) is 13.0. The highest BCUT2D eigenvalue weighted by molar-refractivity contribution is 9.11. The number of carbonyl (C=O) groups excluding carboxylic acids is 1. The number of nitrogens with zero attached hydrogens (tertiary/aromatic N) is 1. The molecule has 0 aliphatic heterocycles. The maximum Gasteiger partial charge on any atom is 0.257 e. The summed E-state index contributed by atoms with van der Waals surface area (Å²) in [7, 11) is 0. The highest BCUT2D eigenvalue weighted by Crippen LogP contribution is 2.26. The fraction of sp³-hybridized carbons (Fsp3) is 0. The smallest absolute Gasteiger partial charge is 0.257 e. The van der Waals surface area contributed by atoms with Gasteiger partial charge in [-0.25, -0.2) is 4.98 Å². The fourth-order valence-electron chi connectivity index (χ4n) is 1.32. The zero-order chi connectivity index (χ0) is 13.1.